The molecule has 0 spiro atoms. The molecule has 0 saturated carbocycles. The first-order valence-corrected chi connectivity index (χ1v) is 7.42. The maximum Gasteiger partial charge on any atom is 0.161 e. The second-order valence-corrected chi connectivity index (χ2v) is 6.04. The number of aryl methyl sites for hydroxylation is 3. The highest BCUT2D eigenvalue weighted by molar-refractivity contribution is 6.34. The Bertz CT molecular complexity index is 857. The molecule has 1 heterocycles. The van der Waals surface area contributed by atoms with Gasteiger partial charge in [-0.25, -0.2) is 9.97 Å². The van der Waals surface area contributed by atoms with Crippen LogP contribution < -0.4 is 0 Å². The van der Waals surface area contributed by atoms with Crippen molar-refractivity contribution in [3.05, 3.63) is 57.2 Å². The van der Waals surface area contributed by atoms with E-state index in [2.05, 4.69) is 23.0 Å². The lowest BCUT2D eigenvalue weighted by Crippen LogP contribution is -1.95. The average Bonchev–Trinajstić information content (AvgIpc) is 2.40. The van der Waals surface area contributed by atoms with Gasteiger partial charge >= 0.3 is 0 Å². The van der Waals surface area contributed by atoms with Gasteiger partial charge in [-0.3, -0.25) is 0 Å². The summed E-state index contributed by atoms with van der Waals surface area (Å²) in [5.74, 6) is 0.622. The van der Waals surface area contributed by atoms with E-state index in [1.807, 2.05) is 38.1 Å². The molecule has 0 radical (unpaired) electrons. The largest absolute Gasteiger partial charge is 0.228 e. The van der Waals surface area contributed by atoms with Crippen molar-refractivity contribution in [1.82, 2.24) is 9.97 Å². The Morgan fingerprint density at radius 2 is 1.62 bits per heavy atom. The van der Waals surface area contributed by atoms with Gasteiger partial charge < -0.3 is 0 Å². The van der Waals surface area contributed by atoms with Crippen molar-refractivity contribution in [2.45, 2.75) is 20.8 Å². The Labute approximate surface area is 133 Å². The van der Waals surface area contributed by atoms with Gasteiger partial charge in [-0.15, -0.1) is 0 Å². The van der Waals surface area contributed by atoms with Gasteiger partial charge in [0.1, 0.15) is 5.15 Å². The number of benzene rings is 2. The summed E-state index contributed by atoms with van der Waals surface area (Å²) < 4.78 is 0. The van der Waals surface area contributed by atoms with Crippen LogP contribution in [0.3, 0.4) is 0 Å². The zero-order valence-electron chi connectivity index (χ0n) is 12.0. The summed E-state index contributed by atoms with van der Waals surface area (Å²) in [5.41, 5.74) is 5.03. The van der Waals surface area contributed by atoms with Crippen molar-refractivity contribution in [2.24, 2.45) is 0 Å². The van der Waals surface area contributed by atoms with Crippen LogP contribution in [0.15, 0.2) is 30.3 Å². The average molecular weight is 317 g/mol. The maximum atomic E-state index is 6.36. The molecule has 0 saturated heterocycles. The molecule has 0 amide bonds. The van der Waals surface area contributed by atoms with Gasteiger partial charge in [0.15, 0.2) is 5.82 Å². The molecular weight excluding hydrogens is 303 g/mol. The summed E-state index contributed by atoms with van der Waals surface area (Å²) in [5, 5.41) is 2.13. The summed E-state index contributed by atoms with van der Waals surface area (Å²) in [6, 6.07) is 9.86. The van der Waals surface area contributed by atoms with E-state index in [1.165, 1.54) is 0 Å². The first kappa shape index (κ1) is 14.3. The highest BCUT2D eigenvalue weighted by Crippen LogP contribution is 2.29. The Hall–Kier alpha value is -1.64. The van der Waals surface area contributed by atoms with Crippen LogP contribution in [0.2, 0.25) is 10.2 Å². The highest BCUT2D eigenvalue weighted by atomic mass is 35.5. The summed E-state index contributed by atoms with van der Waals surface area (Å²) in [6.45, 7) is 6.04. The van der Waals surface area contributed by atoms with Crippen LogP contribution in [-0.2, 0) is 0 Å². The van der Waals surface area contributed by atoms with Gasteiger partial charge in [0.25, 0.3) is 0 Å². The van der Waals surface area contributed by atoms with Crippen molar-refractivity contribution in [1.29, 1.82) is 0 Å². The Balaban J connectivity index is 2.27. The maximum absolute atomic E-state index is 6.36. The minimum absolute atomic E-state index is 0.486. The molecule has 1 aromatic heterocycles. The second-order valence-electron chi connectivity index (χ2n) is 5.28. The van der Waals surface area contributed by atoms with Gasteiger partial charge in [0.05, 0.1) is 5.52 Å². The summed E-state index contributed by atoms with van der Waals surface area (Å²) in [4.78, 5) is 9.10. The number of fused-ring (bicyclic) bond motifs is 1. The van der Waals surface area contributed by atoms with Crippen LogP contribution in [0.1, 0.15) is 16.7 Å². The molecule has 2 aromatic carbocycles. The standard InChI is InChI=1S/C17H14Cl2N2/c1-9-6-11(3)15-14(7-9)20-17(21-16(15)19)12-4-5-13(18)10(2)8-12/h4-8H,1-3H3. The SMILES string of the molecule is Cc1cc(C)c2c(Cl)nc(-c3ccc(Cl)c(C)c3)nc2c1. The van der Waals surface area contributed by atoms with E-state index in [1.54, 1.807) is 0 Å². The second kappa shape index (κ2) is 5.28. The van der Waals surface area contributed by atoms with Crippen LogP contribution in [0.25, 0.3) is 22.3 Å². The minimum Gasteiger partial charge on any atom is -0.228 e. The van der Waals surface area contributed by atoms with E-state index in [0.717, 1.165) is 38.2 Å². The Morgan fingerprint density at radius 1 is 0.857 bits per heavy atom. The van der Waals surface area contributed by atoms with Crippen LogP contribution in [0, 0.1) is 20.8 Å². The van der Waals surface area contributed by atoms with Crippen LogP contribution in [0.4, 0.5) is 0 Å². The topological polar surface area (TPSA) is 25.8 Å². The van der Waals surface area contributed by atoms with Crippen LogP contribution in [0.5, 0.6) is 0 Å². The summed E-state index contributed by atoms with van der Waals surface area (Å²) >= 11 is 12.4. The number of rotatable bonds is 1. The lowest BCUT2D eigenvalue weighted by Gasteiger charge is -2.09. The van der Waals surface area contributed by atoms with E-state index in [-0.39, 0.29) is 0 Å². The van der Waals surface area contributed by atoms with E-state index >= 15 is 0 Å². The first-order valence-electron chi connectivity index (χ1n) is 6.67. The molecule has 3 rings (SSSR count). The van der Waals surface area contributed by atoms with Gasteiger partial charge in [0.2, 0.25) is 0 Å². The molecule has 0 aliphatic heterocycles. The van der Waals surface area contributed by atoms with Crippen molar-refractivity contribution >= 4 is 34.1 Å². The minimum atomic E-state index is 0.486. The first-order chi connectivity index (χ1) is 9.95. The fourth-order valence-corrected chi connectivity index (χ4v) is 2.95. The van der Waals surface area contributed by atoms with Crippen molar-refractivity contribution in [3.8, 4) is 11.4 Å². The third-order valence-corrected chi connectivity index (χ3v) is 4.21. The van der Waals surface area contributed by atoms with Gasteiger partial charge in [-0.05, 0) is 61.7 Å². The van der Waals surface area contributed by atoms with Gasteiger partial charge in [-0.1, -0.05) is 29.3 Å². The zero-order chi connectivity index (χ0) is 15.1. The predicted octanol–water partition coefficient (Wildman–Crippen LogP) is 5.53. The van der Waals surface area contributed by atoms with E-state index in [0.29, 0.717) is 11.0 Å². The molecule has 0 N–H and O–H groups in total. The summed E-state index contributed by atoms with van der Waals surface area (Å²) in [7, 11) is 0. The number of halogens is 2. The zero-order valence-corrected chi connectivity index (χ0v) is 13.5. The fraction of sp³-hybridized carbons (Fsp3) is 0.176. The number of hydrogen-bond acceptors (Lipinski definition) is 2. The van der Waals surface area contributed by atoms with Crippen molar-refractivity contribution in [3.63, 3.8) is 0 Å². The molecule has 0 aliphatic carbocycles. The lowest BCUT2D eigenvalue weighted by molar-refractivity contribution is 1.21. The number of aromatic nitrogens is 2. The molecule has 0 unspecified atom stereocenters. The molecule has 106 valence electrons. The molecule has 3 aromatic rings. The van der Waals surface area contributed by atoms with E-state index in [4.69, 9.17) is 23.2 Å². The normalized spacial score (nSPS) is 11.1. The number of hydrogen-bond donors (Lipinski definition) is 0. The van der Waals surface area contributed by atoms with Gasteiger partial charge in [-0.2, -0.15) is 0 Å². The third kappa shape index (κ3) is 2.61. The molecule has 4 heteroatoms. The molecule has 2 nitrogen and oxygen atoms in total. The monoisotopic (exact) mass is 316 g/mol. The molecule has 0 aliphatic rings. The smallest absolute Gasteiger partial charge is 0.161 e. The van der Waals surface area contributed by atoms with Crippen molar-refractivity contribution in [2.75, 3.05) is 0 Å². The highest BCUT2D eigenvalue weighted by Gasteiger charge is 2.11. The predicted molar refractivity (Wildman–Crippen MR) is 89.2 cm³/mol. The lowest BCUT2D eigenvalue weighted by atomic mass is 10.1. The Kier molecular flexibility index (Phi) is 3.60. The van der Waals surface area contributed by atoms with Gasteiger partial charge in [0, 0.05) is 16.0 Å². The Morgan fingerprint density at radius 3 is 2.33 bits per heavy atom. The molecular formula is C17H14Cl2N2. The van der Waals surface area contributed by atoms with Crippen molar-refractivity contribution < 1.29 is 0 Å². The molecule has 0 fully saturated rings. The van der Waals surface area contributed by atoms with Crippen LogP contribution >= 0.6 is 23.2 Å². The van der Waals surface area contributed by atoms with E-state index in [9.17, 15) is 0 Å². The third-order valence-electron chi connectivity index (χ3n) is 3.51. The molecule has 0 atom stereocenters. The molecule has 0 bridgehead atoms. The quantitative estimate of drug-likeness (QED) is 0.552. The summed E-state index contributed by atoms with van der Waals surface area (Å²) in [6.07, 6.45) is 0. The van der Waals surface area contributed by atoms with E-state index < -0.39 is 0 Å². The number of nitrogens with zero attached hydrogens (tertiary/aromatic N) is 2. The van der Waals surface area contributed by atoms with Crippen LogP contribution in [-0.4, -0.2) is 9.97 Å². The molecule has 21 heavy (non-hydrogen) atoms. The fourth-order valence-electron chi connectivity index (χ4n) is 2.50.